The summed E-state index contributed by atoms with van der Waals surface area (Å²) in [5.74, 6) is -0.582. The first-order valence-corrected chi connectivity index (χ1v) is 5.37. The average molecular weight is 300 g/mol. The molecule has 0 bridgehead atoms. The third-order valence-corrected chi connectivity index (χ3v) is 2.41. The Hall–Kier alpha value is -1.76. The molecule has 0 saturated carbocycles. The van der Waals surface area contributed by atoms with Crippen molar-refractivity contribution >= 4 is 15.9 Å². The lowest BCUT2D eigenvalue weighted by atomic mass is 10.4. The molecule has 0 aliphatic carbocycles. The van der Waals surface area contributed by atoms with Crippen LogP contribution in [0.2, 0.25) is 0 Å². The molecular weight excluding hydrogens is 293 g/mol. The molecule has 0 N–H and O–H groups in total. The third kappa shape index (κ3) is 2.33. The molecule has 0 saturated heterocycles. The van der Waals surface area contributed by atoms with Gasteiger partial charge in [-0.15, -0.1) is 0 Å². The summed E-state index contributed by atoms with van der Waals surface area (Å²) in [5.41, 5.74) is -0.375. The summed E-state index contributed by atoms with van der Waals surface area (Å²) in [4.78, 5) is 15.5. The van der Waals surface area contributed by atoms with Gasteiger partial charge in [-0.25, -0.2) is 4.39 Å². The summed E-state index contributed by atoms with van der Waals surface area (Å²) in [6.07, 6.45) is 1.44. The van der Waals surface area contributed by atoms with Crippen LogP contribution in [0.3, 0.4) is 0 Å². The number of halogens is 2. The molecule has 5 nitrogen and oxygen atoms in total. The Balaban J connectivity index is 2.57. The van der Waals surface area contributed by atoms with Crippen LogP contribution in [0.15, 0.2) is 33.7 Å². The summed E-state index contributed by atoms with van der Waals surface area (Å²) in [6, 6.07) is 3.85. The van der Waals surface area contributed by atoms with E-state index in [9.17, 15) is 9.18 Å². The summed E-state index contributed by atoms with van der Waals surface area (Å²) in [7, 11) is 1.30. The zero-order valence-corrected chi connectivity index (χ0v) is 10.3. The smallest absolute Gasteiger partial charge is 0.274 e. The Bertz CT molecular complexity index is 615. The zero-order chi connectivity index (χ0) is 12.4. The second kappa shape index (κ2) is 4.62. The maximum Gasteiger partial charge on any atom is 0.274 e. The monoisotopic (exact) mass is 299 g/mol. The van der Waals surface area contributed by atoms with Crippen LogP contribution in [0, 0.1) is 5.82 Å². The largest absolute Gasteiger partial charge is 0.479 e. The van der Waals surface area contributed by atoms with Crippen molar-refractivity contribution < 1.29 is 9.13 Å². The number of rotatable bonds is 2. The van der Waals surface area contributed by atoms with Crippen LogP contribution in [-0.2, 0) is 0 Å². The molecule has 2 rings (SSSR count). The molecule has 0 aliphatic rings. The van der Waals surface area contributed by atoms with Crippen LogP contribution in [0.5, 0.6) is 5.88 Å². The van der Waals surface area contributed by atoms with Gasteiger partial charge in [0.15, 0.2) is 11.6 Å². The number of aromatic nitrogens is 3. The first kappa shape index (κ1) is 11.7. The normalized spacial score (nSPS) is 10.3. The van der Waals surface area contributed by atoms with E-state index >= 15 is 0 Å². The first-order chi connectivity index (χ1) is 8.11. The van der Waals surface area contributed by atoms with Crippen LogP contribution >= 0.6 is 15.9 Å². The van der Waals surface area contributed by atoms with Gasteiger partial charge in [0.05, 0.1) is 13.3 Å². The van der Waals surface area contributed by atoms with Gasteiger partial charge in [0.2, 0.25) is 0 Å². The zero-order valence-electron chi connectivity index (χ0n) is 8.72. The molecule has 2 aromatic heterocycles. The van der Waals surface area contributed by atoms with E-state index in [0.717, 1.165) is 10.7 Å². The number of pyridine rings is 1. The van der Waals surface area contributed by atoms with Gasteiger partial charge < -0.3 is 4.74 Å². The SMILES string of the molecule is COc1nc(-n2ncc(Br)cc2=O)ccc1F. The third-order valence-electron chi connectivity index (χ3n) is 1.98. The van der Waals surface area contributed by atoms with E-state index in [4.69, 9.17) is 4.74 Å². The van der Waals surface area contributed by atoms with Crippen LogP contribution in [0.4, 0.5) is 4.39 Å². The molecule has 0 aliphatic heterocycles. The minimum absolute atomic E-state index is 0.181. The van der Waals surface area contributed by atoms with Crippen molar-refractivity contribution in [2.75, 3.05) is 7.11 Å². The van der Waals surface area contributed by atoms with Gasteiger partial charge in [-0.2, -0.15) is 14.8 Å². The molecule has 0 atom stereocenters. The lowest BCUT2D eigenvalue weighted by Gasteiger charge is -2.05. The van der Waals surface area contributed by atoms with E-state index in [2.05, 4.69) is 26.0 Å². The summed E-state index contributed by atoms with van der Waals surface area (Å²) in [5, 5.41) is 3.87. The summed E-state index contributed by atoms with van der Waals surface area (Å²) >= 11 is 3.13. The molecule has 0 aromatic carbocycles. The number of hydrogen-bond donors (Lipinski definition) is 0. The molecule has 0 fully saturated rings. The van der Waals surface area contributed by atoms with Gasteiger partial charge >= 0.3 is 0 Å². The predicted molar refractivity (Wildman–Crippen MR) is 61.8 cm³/mol. The Morgan fingerprint density at radius 1 is 1.47 bits per heavy atom. The lowest BCUT2D eigenvalue weighted by molar-refractivity contribution is 0.368. The highest BCUT2D eigenvalue weighted by Gasteiger charge is 2.08. The Labute approximate surface area is 104 Å². The van der Waals surface area contributed by atoms with Crippen molar-refractivity contribution in [3.05, 3.63) is 45.0 Å². The lowest BCUT2D eigenvalue weighted by Crippen LogP contribution is -2.21. The van der Waals surface area contributed by atoms with Gasteiger partial charge in [0.25, 0.3) is 11.4 Å². The fraction of sp³-hybridized carbons (Fsp3) is 0.100. The first-order valence-electron chi connectivity index (χ1n) is 4.57. The maximum absolute atomic E-state index is 13.1. The van der Waals surface area contributed by atoms with E-state index in [0.29, 0.717) is 4.47 Å². The number of hydrogen-bond acceptors (Lipinski definition) is 4. The fourth-order valence-electron chi connectivity index (χ4n) is 1.23. The number of nitrogens with zero attached hydrogens (tertiary/aromatic N) is 3. The van der Waals surface area contributed by atoms with Gasteiger partial charge in [0.1, 0.15) is 0 Å². The molecule has 0 spiro atoms. The molecule has 2 heterocycles. The van der Waals surface area contributed by atoms with Crippen molar-refractivity contribution in [2.45, 2.75) is 0 Å². The number of methoxy groups -OCH3 is 1. The van der Waals surface area contributed by atoms with Gasteiger partial charge in [-0.1, -0.05) is 0 Å². The second-order valence-electron chi connectivity index (χ2n) is 3.08. The molecule has 0 unspecified atom stereocenters. The minimum atomic E-state index is -0.596. The number of ether oxygens (including phenoxy) is 1. The van der Waals surface area contributed by atoms with Crippen LogP contribution in [-0.4, -0.2) is 21.9 Å². The van der Waals surface area contributed by atoms with E-state index < -0.39 is 5.82 Å². The Morgan fingerprint density at radius 2 is 2.24 bits per heavy atom. The van der Waals surface area contributed by atoms with E-state index in [1.54, 1.807) is 0 Å². The van der Waals surface area contributed by atoms with Crippen LogP contribution in [0.25, 0.3) is 5.82 Å². The highest BCUT2D eigenvalue weighted by molar-refractivity contribution is 9.10. The topological polar surface area (TPSA) is 57.0 Å². The highest BCUT2D eigenvalue weighted by Crippen LogP contribution is 2.14. The highest BCUT2D eigenvalue weighted by atomic mass is 79.9. The molecule has 2 aromatic rings. The maximum atomic E-state index is 13.1. The van der Waals surface area contributed by atoms with Crippen LogP contribution < -0.4 is 10.3 Å². The van der Waals surface area contributed by atoms with Crippen molar-refractivity contribution in [3.8, 4) is 11.7 Å². The fourth-order valence-corrected chi connectivity index (χ4v) is 1.52. The molecular formula is C10H7BrFN3O2. The Morgan fingerprint density at radius 3 is 2.88 bits per heavy atom. The molecule has 88 valence electrons. The predicted octanol–water partition coefficient (Wildman–Crippen LogP) is 1.54. The van der Waals surface area contributed by atoms with Gasteiger partial charge in [0, 0.05) is 10.5 Å². The van der Waals surface area contributed by atoms with Crippen molar-refractivity contribution in [1.82, 2.24) is 14.8 Å². The minimum Gasteiger partial charge on any atom is -0.479 e. The quantitative estimate of drug-likeness (QED) is 0.844. The molecule has 7 heteroatoms. The second-order valence-corrected chi connectivity index (χ2v) is 4.00. The van der Waals surface area contributed by atoms with Gasteiger partial charge in [-0.05, 0) is 28.1 Å². The van der Waals surface area contributed by atoms with Gasteiger partial charge in [-0.3, -0.25) is 4.79 Å². The van der Waals surface area contributed by atoms with E-state index in [1.807, 2.05) is 0 Å². The summed E-state index contributed by atoms with van der Waals surface area (Å²) < 4.78 is 19.5. The molecule has 17 heavy (non-hydrogen) atoms. The summed E-state index contributed by atoms with van der Waals surface area (Å²) in [6.45, 7) is 0. The Kier molecular flexibility index (Phi) is 3.19. The van der Waals surface area contributed by atoms with E-state index in [1.165, 1.54) is 25.4 Å². The standard InChI is InChI=1S/C10H7BrFN3O2/c1-17-10-7(12)2-3-8(14-10)15-9(16)4-6(11)5-13-15/h2-5H,1H3. The molecule has 0 radical (unpaired) electrons. The van der Waals surface area contributed by atoms with Crippen LogP contribution in [0.1, 0.15) is 0 Å². The molecule has 0 amide bonds. The van der Waals surface area contributed by atoms with E-state index in [-0.39, 0.29) is 17.3 Å². The van der Waals surface area contributed by atoms with Crippen molar-refractivity contribution in [2.24, 2.45) is 0 Å². The van der Waals surface area contributed by atoms with Crippen molar-refractivity contribution in [1.29, 1.82) is 0 Å². The van der Waals surface area contributed by atoms with Crippen molar-refractivity contribution in [3.63, 3.8) is 0 Å². The average Bonchev–Trinajstić information content (AvgIpc) is 2.30.